The van der Waals surface area contributed by atoms with E-state index in [1.54, 1.807) is 11.1 Å². The molecule has 5 rings (SSSR count). The maximum absolute atomic E-state index is 13.8. The van der Waals surface area contributed by atoms with Gasteiger partial charge in [-0.15, -0.1) is 0 Å². The Morgan fingerprint density at radius 3 is 2.97 bits per heavy atom. The van der Waals surface area contributed by atoms with Crippen molar-refractivity contribution in [1.82, 2.24) is 24.6 Å². The number of ether oxygens (including phenoxy) is 1. The molecule has 7 nitrogen and oxygen atoms in total. The number of nitrogens with zero attached hydrogens (tertiary/aromatic N) is 4. The Bertz CT molecular complexity index is 1150. The summed E-state index contributed by atoms with van der Waals surface area (Å²) in [7, 11) is 0. The number of benzene rings is 1. The number of rotatable bonds is 4. The van der Waals surface area contributed by atoms with Crippen molar-refractivity contribution >= 4 is 16.8 Å². The molecule has 0 aliphatic carbocycles. The van der Waals surface area contributed by atoms with Crippen LogP contribution in [0.2, 0.25) is 0 Å². The molecule has 1 aliphatic heterocycles. The number of halogens is 1. The normalized spacial score (nSPS) is 16.0. The molecule has 8 heteroatoms. The van der Waals surface area contributed by atoms with Crippen molar-refractivity contribution in [2.45, 2.75) is 12.6 Å². The number of amides is 1. The minimum Gasteiger partial charge on any atom is -0.473 e. The van der Waals surface area contributed by atoms with Gasteiger partial charge in [0.05, 0.1) is 12.2 Å². The van der Waals surface area contributed by atoms with E-state index in [0.717, 1.165) is 16.6 Å². The van der Waals surface area contributed by atoms with Gasteiger partial charge in [-0.05, 0) is 30.3 Å². The molecule has 1 atom stereocenters. The highest BCUT2D eigenvalue weighted by Crippen LogP contribution is 2.24. The lowest BCUT2D eigenvalue weighted by molar-refractivity contribution is 0.0624. The zero-order valence-electron chi connectivity index (χ0n) is 15.5. The molecule has 1 amide bonds. The van der Waals surface area contributed by atoms with E-state index >= 15 is 0 Å². The fourth-order valence-corrected chi connectivity index (χ4v) is 3.68. The number of carbonyl (C=O) groups is 1. The van der Waals surface area contributed by atoms with Gasteiger partial charge in [0.1, 0.15) is 18.3 Å². The Morgan fingerprint density at radius 1 is 1.21 bits per heavy atom. The van der Waals surface area contributed by atoms with Gasteiger partial charge in [0.2, 0.25) is 5.88 Å². The largest absolute Gasteiger partial charge is 0.473 e. The standard InChI is InChI=1S/C21H18FN5O2/c22-17-5-3-8-23-20(17)29-13-16-12-26(11-15-7-9-24-27(15)16)21(28)19-10-14-4-1-2-6-18(14)25-19/h1-10,16,25H,11-13H2/t16-/m0/s1. The van der Waals surface area contributed by atoms with Gasteiger partial charge in [-0.3, -0.25) is 9.48 Å². The van der Waals surface area contributed by atoms with Crippen LogP contribution in [0.5, 0.6) is 5.88 Å². The fraction of sp³-hybridized carbons (Fsp3) is 0.190. The first kappa shape index (κ1) is 17.4. The molecular weight excluding hydrogens is 373 g/mol. The lowest BCUT2D eigenvalue weighted by Gasteiger charge is -2.33. The van der Waals surface area contributed by atoms with Crippen LogP contribution in [-0.2, 0) is 6.54 Å². The topological polar surface area (TPSA) is 76.0 Å². The van der Waals surface area contributed by atoms with Crippen molar-refractivity contribution in [2.75, 3.05) is 13.2 Å². The maximum atomic E-state index is 13.8. The highest BCUT2D eigenvalue weighted by Gasteiger charge is 2.30. The van der Waals surface area contributed by atoms with Crippen LogP contribution in [0.15, 0.2) is 60.9 Å². The molecule has 0 fully saturated rings. The molecule has 0 spiro atoms. The van der Waals surface area contributed by atoms with Gasteiger partial charge in [-0.2, -0.15) is 5.10 Å². The fourth-order valence-electron chi connectivity index (χ4n) is 3.68. The van der Waals surface area contributed by atoms with Crippen molar-refractivity contribution in [3.05, 3.63) is 78.1 Å². The number of para-hydroxylation sites is 1. The number of carbonyl (C=O) groups excluding carboxylic acids is 1. The third kappa shape index (κ3) is 3.22. The summed E-state index contributed by atoms with van der Waals surface area (Å²) in [4.78, 5) is 22.0. The number of H-pyrrole nitrogens is 1. The lowest BCUT2D eigenvalue weighted by Crippen LogP contribution is -2.43. The Kier molecular flexibility index (Phi) is 4.23. The summed E-state index contributed by atoms with van der Waals surface area (Å²) in [6, 6.07) is 14.1. The molecule has 4 heterocycles. The molecule has 0 saturated carbocycles. The van der Waals surface area contributed by atoms with E-state index in [1.807, 2.05) is 41.1 Å². The van der Waals surface area contributed by atoms with Gasteiger partial charge in [-0.25, -0.2) is 9.37 Å². The van der Waals surface area contributed by atoms with Crippen LogP contribution >= 0.6 is 0 Å². The summed E-state index contributed by atoms with van der Waals surface area (Å²) < 4.78 is 21.2. The first-order valence-corrected chi connectivity index (χ1v) is 9.32. The molecule has 1 aromatic carbocycles. The average Bonchev–Trinajstić information content (AvgIpc) is 3.39. The van der Waals surface area contributed by atoms with Gasteiger partial charge >= 0.3 is 0 Å². The minimum atomic E-state index is -0.519. The molecule has 1 N–H and O–H groups in total. The highest BCUT2D eigenvalue weighted by atomic mass is 19.1. The SMILES string of the molecule is O=C(c1cc2ccccc2[nH]1)N1Cc2ccnn2[C@H](COc2ncccc2F)C1. The number of fused-ring (bicyclic) bond motifs is 2. The van der Waals surface area contributed by atoms with Gasteiger partial charge in [0.25, 0.3) is 5.91 Å². The van der Waals surface area contributed by atoms with Crippen molar-refractivity contribution in [2.24, 2.45) is 0 Å². The molecule has 0 bridgehead atoms. The predicted octanol–water partition coefficient (Wildman–Crippen LogP) is 3.17. The van der Waals surface area contributed by atoms with Crippen LogP contribution in [-0.4, -0.2) is 43.7 Å². The Hall–Kier alpha value is -3.68. The summed E-state index contributed by atoms with van der Waals surface area (Å²) in [6.45, 7) is 0.999. The molecule has 0 saturated heterocycles. The summed E-state index contributed by atoms with van der Waals surface area (Å²) in [5.74, 6) is -0.669. The van der Waals surface area contributed by atoms with Crippen LogP contribution in [0.3, 0.4) is 0 Å². The van der Waals surface area contributed by atoms with E-state index in [1.165, 1.54) is 18.3 Å². The van der Waals surface area contributed by atoms with Gasteiger partial charge in [0, 0.05) is 29.8 Å². The number of aromatic amines is 1. The van der Waals surface area contributed by atoms with E-state index in [2.05, 4.69) is 15.1 Å². The van der Waals surface area contributed by atoms with E-state index in [9.17, 15) is 9.18 Å². The summed E-state index contributed by atoms with van der Waals surface area (Å²) in [6.07, 6.45) is 3.17. The van der Waals surface area contributed by atoms with Crippen molar-refractivity contribution in [3.63, 3.8) is 0 Å². The summed E-state index contributed by atoms with van der Waals surface area (Å²) in [5.41, 5.74) is 2.36. The molecule has 1 aliphatic rings. The summed E-state index contributed by atoms with van der Waals surface area (Å²) in [5, 5.41) is 5.34. The van der Waals surface area contributed by atoms with Crippen molar-refractivity contribution in [1.29, 1.82) is 0 Å². The van der Waals surface area contributed by atoms with Crippen LogP contribution < -0.4 is 4.74 Å². The average molecular weight is 391 g/mol. The van der Waals surface area contributed by atoms with E-state index in [4.69, 9.17) is 4.74 Å². The van der Waals surface area contributed by atoms with E-state index in [0.29, 0.717) is 18.8 Å². The first-order valence-electron chi connectivity index (χ1n) is 9.32. The Balaban J connectivity index is 1.38. The zero-order chi connectivity index (χ0) is 19.8. The van der Waals surface area contributed by atoms with Crippen LogP contribution in [0.25, 0.3) is 10.9 Å². The van der Waals surface area contributed by atoms with Crippen LogP contribution in [0.4, 0.5) is 4.39 Å². The summed E-state index contributed by atoms with van der Waals surface area (Å²) >= 11 is 0. The molecular formula is C21H18FN5O2. The number of hydrogen-bond donors (Lipinski definition) is 1. The molecule has 0 unspecified atom stereocenters. The van der Waals surface area contributed by atoms with Crippen molar-refractivity contribution in [3.8, 4) is 5.88 Å². The lowest BCUT2D eigenvalue weighted by atomic mass is 10.2. The highest BCUT2D eigenvalue weighted by molar-refractivity contribution is 5.98. The van der Waals surface area contributed by atoms with Gasteiger partial charge in [0.15, 0.2) is 5.82 Å². The van der Waals surface area contributed by atoms with Gasteiger partial charge in [-0.1, -0.05) is 18.2 Å². The maximum Gasteiger partial charge on any atom is 0.270 e. The second-order valence-corrected chi connectivity index (χ2v) is 6.98. The monoisotopic (exact) mass is 391 g/mol. The third-order valence-corrected chi connectivity index (χ3v) is 5.07. The predicted molar refractivity (Wildman–Crippen MR) is 104 cm³/mol. The Morgan fingerprint density at radius 2 is 2.10 bits per heavy atom. The molecule has 29 heavy (non-hydrogen) atoms. The van der Waals surface area contributed by atoms with Crippen LogP contribution in [0, 0.1) is 5.82 Å². The van der Waals surface area contributed by atoms with Crippen LogP contribution in [0.1, 0.15) is 22.2 Å². The number of nitrogens with one attached hydrogen (secondary N) is 1. The number of aromatic nitrogens is 4. The minimum absolute atomic E-state index is 0.0553. The third-order valence-electron chi connectivity index (χ3n) is 5.07. The second kappa shape index (κ2) is 7.05. The van der Waals surface area contributed by atoms with E-state index in [-0.39, 0.29) is 24.4 Å². The molecule has 4 aromatic rings. The first-order chi connectivity index (χ1) is 14.2. The smallest absolute Gasteiger partial charge is 0.270 e. The quantitative estimate of drug-likeness (QED) is 0.580. The zero-order valence-corrected chi connectivity index (χ0v) is 15.5. The van der Waals surface area contributed by atoms with Gasteiger partial charge < -0.3 is 14.6 Å². The second-order valence-electron chi connectivity index (χ2n) is 6.98. The number of hydrogen-bond acceptors (Lipinski definition) is 4. The molecule has 0 radical (unpaired) electrons. The molecule has 3 aromatic heterocycles. The van der Waals surface area contributed by atoms with Crippen molar-refractivity contribution < 1.29 is 13.9 Å². The molecule has 146 valence electrons. The number of pyridine rings is 1. The Labute approximate surface area is 165 Å². The van der Waals surface area contributed by atoms with E-state index < -0.39 is 5.82 Å².